The van der Waals surface area contributed by atoms with E-state index in [4.69, 9.17) is 12.2 Å². The van der Waals surface area contributed by atoms with Crippen LogP contribution in [0.25, 0.3) is 0 Å². The molecule has 112 valence electrons. The van der Waals surface area contributed by atoms with E-state index in [1.165, 1.54) is 15.3 Å². The Bertz CT molecular complexity index is 538. The van der Waals surface area contributed by atoms with E-state index in [2.05, 4.69) is 54.4 Å². The molecular formula is C16H22N3S2+. The first kappa shape index (κ1) is 15.9. The molecule has 21 heavy (non-hydrogen) atoms. The van der Waals surface area contributed by atoms with Crippen molar-refractivity contribution in [3.63, 3.8) is 0 Å². The number of benzene rings is 1. The molecule has 1 heterocycles. The van der Waals surface area contributed by atoms with E-state index in [1.54, 1.807) is 11.3 Å². The predicted octanol–water partition coefficient (Wildman–Crippen LogP) is 1.60. The van der Waals surface area contributed by atoms with E-state index >= 15 is 0 Å². The molecular weight excluding hydrogens is 298 g/mol. The second kappa shape index (κ2) is 8.12. The standard InChI is InChI=1S/C16H21N3S2/c1-19(2)14(15-9-6-10-21-15)12-18-16(20)17-11-13-7-4-3-5-8-13/h3-10,14H,11-12H2,1-2H3,(H2,17,18,20)/p+1/t14-/m1/s1. The van der Waals surface area contributed by atoms with Crippen molar-refractivity contribution in [1.82, 2.24) is 10.6 Å². The molecule has 3 N–H and O–H groups in total. The third kappa shape index (κ3) is 5.12. The summed E-state index contributed by atoms with van der Waals surface area (Å²) < 4.78 is 0. The summed E-state index contributed by atoms with van der Waals surface area (Å²) >= 11 is 7.16. The normalized spacial score (nSPS) is 12.1. The molecule has 0 aliphatic heterocycles. The molecule has 0 radical (unpaired) electrons. The topological polar surface area (TPSA) is 28.5 Å². The van der Waals surface area contributed by atoms with Gasteiger partial charge in [0.05, 0.1) is 25.5 Å². The van der Waals surface area contributed by atoms with Gasteiger partial charge in [-0.25, -0.2) is 0 Å². The summed E-state index contributed by atoms with van der Waals surface area (Å²) in [7, 11) is 4.35. The predicted molar refractivity (Wildman–Crippen MR) is 93.8 cm³/mol. The Morgan fingerprint density at radius 2 is 1.90 bits per heavy atom. The number of hydrogen-bond acceptors (Lipinski definition) is 2. The molecule has 3 nitrogen and oxygen atoms in total. The van der Waals surface area contributed by atoms with Gasteiger partial charge in [-0.2, -0.15) is 0 Å². The van der Waals surface area contributed by atoms with E-state index in [1.807, 2.05) is 18.2 Å². The summed E-state index contributed by atoms with van der Waals surface area (Å²) in [5, 5.41) is 9.41. The Morgan fingerprint density at radius 1 is 1.14 bits per heavy atom. The van der Waals surface area contributed by atoms with Crippen molar-refractivity contribution < 1.29 is 4.90 Å². The highest BCUT2D eigenvalue weighted by atomic mass is 32.1. The number of quaternary nitrogens is 1. The maximum atomic E-state index is 5.36. The quantitative estimate of drug-likeness (QED) is 0.706. The van der Waals surface area contributed by atoms with Gasteiger partial charge in [0.25, 0.3) is 0 Å². The van der Waals surface area contributed by atoms with Crippen LogP contribution in [0.15, 0.2) is 47.8 Å². The third-order valence-electron chi connectivity index (χ3n) is 3.35. The highest BCUT2D eigenvalue weighted by Crippen LogP contribution is 2.15. The Balaban J connectivity index is 1.80. The van der Waals surface area contributed by atoms with Gasteiger partial charge in [-0.3, -0.25) is 0 Å². The summed E-state index contributed by atoms with van der Waals surface area (Å²) in [5.74, 6) is 0. The smallest absolute Gasteiger partial charge is 0.166 e. The fourth-order valence-electron chi connectivity index (χ4n) is 2.11. The van der Waals surface area contributed by atoms with Gasteiger partial charge in [0, 0.05) is 6.54 Å². The zero-order chi connectivity index (χ0) is 15.1. The molecule has 0 bridgehead atoms. The zero-order valence-corrected chi connectivity index (χ0v) is 14.1. The molecule has 0 saturated heterocycles. The lowest BCUT2D eigenvalue weighted by atomic mass is 10.2. The van der Waals surface area contributed by atoms with Gasteiger partial charge >= 0.3 is 0 Å². The van der Waals surface area contributed by atoms with Crippen LogP contribution >= 0.6 is 23.6 Å². The van der Waals surface area contributed by atoms with Crippen LogP contribution in [0.1, 0.15) is 16.5 Å². The van der Waals surface area contributed by atoms with Crippen LogP contribution < -0.4 is 15.5 Å². The summed E-state index contributed by atoms with van der Waals surface area (Å²) in [6.07, 6.45) is 0. The number of thiophene rings is 1. The number of likely N-dealkylation sites (N-methyl/N-ethyl adjacent to an activating group) is 1. The van der Waals surface area contributed by atoms with Crippen molar-refractivity contribution in [2.45, 2.75) is 12.6 Å². The summed E-state index contributed by atoms with van der Waals surface area (Å²) in [5.41, 5.74) is 1.23. The average Bonchev–Trinajstić information content (AvgIpc) is 3.00. The van der Waals surface area contributed by atoms with Crippen molar-refractivity contribution in [1.29, 1.82) is 0 Å². The van der Waals surface area contributed by atoms with Gasteiger partial charge in [0.15, 0.2) is 5.11 Å². The molecule has 5 heteroatoms. The Labute approximate surface area is 136 Å². The Hall–Kier alpha value is -1.43. The van der Waals surface area contributed by atoms with Crippen molar-refractivity contribution >= 4 is 28.7 Å². The van der Waals surface area contributed by atoms with Crippen molar-refractivity contribution in [3.05, 3.63) is 58.3 Å². The lowest BCUT2D eigenvalue weighted by Crippen LogP contribution is -3.06. The monoisotopic (exact) mass is 320 g/mol. The molecule has 0 fully saturated rings. The largest absolute Gasteiger partial charge is 0.359 e. The van der Waals surface area contributed by atoms with Crippen LogP contribution in [-0.4, -0.2) is 25.8 Å². The van der Waals surface area contributed by atoms with E-state index in [9.17, 15) is 0 Å². The van der Waals surface area contributed by atoms with Crippen molar-refractivity contribution in [3.8, 4) is 0 Å². The second-order valence-electron chi connectivity index (χ2n) is 5.19. The molecule has 0 unspecified atom stereocenters. The lowest BCUT2D eigenvalue weighted by Gasteiger charge is -2.21. The van der Waals surface area contributed by atoms with E-state index in [0.717, 1.165) is 13.1 Å². The summed E-state index contributed by atoms with van der Waals surface area (Å²) in [6.45, 7) is 1.59. The van der Waals surface area contributed by atoms with E-state index in [-0.39, 0.29) is 0 Å². The van der Waals surface area contributed by atoms with Gasteiger partial charge in [-0.15, -0.1) is 11.3 Å². The fourth-order valence-corrected chi connectivity index (χ4v) is 3.22. The Morgan fingerprint density at radius 3 is 2.52 bits per heavy atom. The number of thiocarbonyl (C=S) groups is 1. The van der Waals surface area contributed by atoms with Crippen LogP contribution in [0.2, 0.25) is 0 Å². The van der Waals surface area contributed by atoms with Gasteiger partial charge in [0.2, 0.25) is 0 Å². The number of rotatable bonds is 6. The molecule has 0 spiro atoms. The van der Waals surface area contributed by atoms with Gasteiger partial charge < -0.3 is 15.5 Å². The van der Waals surface area contributed by atoms with Crippen LogP contribution in [0.4, 0.5) is 0 Å². The molecule has 1 aromatic carbocycles. The van der Waals surface area contributed by atoms with E-state index < -0.39 is 0 Å². The SMILES string of the molecule is C[NH+](C)[C@H](CNC(=S)NCc1ccccc1)c1cccs1. The molecule has 0 amide bonds. The molecule has 2 aromatic rings. The first-order valence-corrected chi connectivity index (χ1v) is 8.34. The molecule has 0 aliphatic rings. The first-order chi connectivity index (χ1) is 10.2. The minimum absolute atomic E-state index is 0.418. The van der Waals surface area contributed by atoms with Gasteiger partial charge in [0.1, 0.15) is 6.04 Å². The van der Waals surface area contributed by atoms with Crippen molar-refractivity contribution in [2.24, 2.45) is 0 Å². The first-order valence-electron chi connectivity index (χ1n) is 7.06. The highest BCUT2D eigenvalue weighted by molar-refractivity contribution is 7.80. The molecule has 1 aromatic heterocycles. The van der Waals surface area contributed by atoms with E-state index in [0.29, 0.717) is 11.2 Å². The van der Waals surface area contributed by atoms with Gasteiger partial charge in [-0.1, -0.05) is 36.4 Å². The van der Waals surface area contributed by atoms with Crippen LogP contribution in [0, 0.1) is 0 Å². The highest BCUT2D eigenvalue weighted by Gasteiger charge is 2.18. The molecule has 0 aliphatic carbocycles. The van der Waals surface area contributed by atoms with Crippen LogP contribution in [0.3, 0.4) is 0 Å². The average molecular weight is 321 g/mol. The number of hydrogen-bond donors (Lipinski definition) is 3. The Kier molecular flexibility index (Phi) is 6.17. The fraction of sp³-hybridized carbons (Fsp3) is 0.312. The van der Waals surface area contributed by atoms with Crippen LogP contribution in [0.5, 0.6) is 0 Å². The maximum absolute atomic E-state index is 5.36. The maximum Gasteiger partial charge on any atom is 0.166 e. The minimum Gasteiger partial charge on any atom is -0.359 e. The molecule has 2 rings (SSSR count). The van der Waals surface area contributed by atoms with Crippen LogP contribution in [-0.2, 0) is 6.54 Å². The lowest BCUT2D eigenvalue weighted by molar-refractivity contribution is -0.890. The summed E-state index contributed by atoms with van der Waals surface area (Å²) in [6, 6.07) is 15.0. The zero-order valence-electron chi connectivity index (χ0n) is 12.4. The number of nitrogens with one attached hydrogen (secondary N) is 3. The molecule has 1 atom stereocenters. The second-order valence-corrected chi connectivity index (χ2v) is 6.58. The van der Waals surface area contributed by atoms with Gasteiger partial charge in [-0.05, 0) is 29.2 Å². The third-order valence-corrected chi connectivity index (χ3v) is 4.62. The summed E-state index contributed by atoms with van der Waals surface area (Å²) in [4.78, 5) is 2.78. The minimum atomic E-state index is 0.418. The molecule has 0 saturated carbocycles. The van der Waals surface area contributed by atoms with Crippen molar-refractivity contribution in [2.75, 3.05) is 20.6 Å².